The number of benzene rings is 2. The maximum atomic E-state index is 12.8. The Labute approximate surface area is 281 Å². The van der Waals surface area contributed by atoms with Crippen molar-refractivity contribution in [3.63, 3.8) is 0 Å². The van der Waals surface area contributed by atoms with Crippen molar-refractivity contribution in [1.29, 1.82) is 0 Å². The molecule has 0 saturated heterocycles. The van der Waals surface area contributed by atoms with Crippen LogP contribution in [0.1, 0.15) is 16.7 Å². The standard InChI is InChI=1S/C31H42N6O12/c32-25(13-21-5-7-24(38)8-6-21)31(48)34-49-20-23-3-1-22(2-4-23)14-33-26(39)15-35(9-11-36(16-27(40)41)17-28(42)43)10-12-37(18-29(44)45)19-30(46)47/h1-8,25,38H,9-20,32H2,(H,33,39)(H,34,48)(H,40,41)(H,42,43)(H,44,45)(H,46,47). The van der Waals surface area contributed by atoms with Crippen LogP contribution in [0.15, 0.2) is 48.5 Å². The minimum absolute atomic E-state index is 0.0366. The summed E-state index contributed by atoms with van der Waals surface area (Å²) in [5, 5.41) is 48.6. The Morgan fingerprint density at radius 2 is 1.06 bits per heavy atom. The van der Waals surface area contributed by atoms with Crippen LogP contribution in [0.4, 0.5) is 0 Å². The van der Waals surface area contributed by atoms with E-state index in [1.54, 1.807) is 41.3 Å². The summed E-state index contributed by atoms with van der Waals surface area (Å²) in [5.41, 5.74) is 10.4. The number of hydrogen-bond acceptors (Lipinski definition) is 12. The zero-order chi connectivity index (χ0) is 36.3. The van der Waals surface area contributed by atoms with Gasteiger partial charge in [-0.05, 0) is 35.2 Å². The number of carbonyl (C=O) groups excluding carboxylic acids is 2. The van der Waals surface area contributed by atoms with Crippen LogP contribution in [0.3, 0.4) is 0 Å². The first-order valence-electron chi connectivity index (χ1n) is 15.0. The first kappa shape index (κ1) is 40.0. The molecule has 2 aromatic rings. The van der Waals surface area contributed by atoms with Gasteiger partial charge in [-0.2, -0.15) is 0 Å². The Morgan fingerprint density at radius 1 is 0.633 bits per heavy atom. The molecule has 0 radical (unpaired) electrons. The lowest BCUT2D eigenvalue weighted by Gasteiger charge is -2.28. The summed E-state index contributed by atoms with van der Waals surface area (Å²) in [7, 11) is 0. The van der Waals surface area contributed by atoms with Gasteiger partial charge in [0.2, 0.25) is 5.91 Å². The van der Waals surface area contributed by atoms with Crippen molar-refractivity contribution in [2.45, 2.75) is 25.6 Å². The minimum atomic E-state index is -1.24. The molecule has 18 heteroatoms. The van der Waals surface area contributed by atoms with E-state index in [2.05, 4.69) is 10.8 Å². The summed E-state index contributed by atoms with van der Waals surface area (Å²) >= 11 is 0. The van der Waals surface area contributed by atoms with Gasteiger partial charge in [0.15, 0.2) is 0 Å². The van der Waals surface area contributed by atoms with Crippen molar-refractivity contribution >= 4 is 35.7 Å². The molecule has 0 bridgehead atoms. The molecule has 0 saturated carbocycles. The van der Waals surface area contributed by atoms with E-state index in [9.17, 15) is 33.9 Å². The van der Waals surface area contributed by atoms with E-state index in [0.717, 1.165) is 20.9 Å². The molecule has 0 fully saturated rings. The Balaban J connectivity index is 1.90. The number of carboxylic acids is 4. The Kier molecular flexibility index (Phi) is 17.1. The minimum Gasteiger partial charge on any atom is -0.508 e. The second kappa shape index (κ2) is 21.0. The molecule has 2 rings (SSSR count). The van der Waals surface area contributed by atoms with Crippen LogP contribution in [-0.4, -0.2) is 141 Å². The van der Waals surface area contributed by atoms with Crippen LogP contribution >= 0.6 is 0 Å². The van der Waals surface area contributed by atoms with Crippen LogP contribution < -0.4 is 16.5 Å². The van der Waals surface area contributed by atoms with E-state index in [0.29, 0.717) is 5.56 Å². The van der Waals surface area contributed by atoms with Gasteiger partial charge in [-0.3, -0.25) is 48.3 Å². The van der Waals surface area contributed by atoms with E-state index in [4.69, 9.17) is 31.0 Å². The Morgan fingerprint density at radius 3 is 1.53 bits per heavy atom. The molecule has 1 unspecified atom stereocenters. The molecule has 0 aliphatic carbocycles. The summed E-state index contributed by atoms with van der Waals surface area (Å²) in [4.78, 5) is 78.9. The highest BCUT2D eigenvalue weighted by atomic mass is 16.6. The van der Waals surface area contributed by atoms with E-state index in [-0.39, 0.29) is 58.0 Å². The number of hydroxylamine groups is 1. The lowest BCUT2D eigenvalue weighted by molar-refractivity contribution is -0.143. The predicted octanol–water partition coefficient (Wildman–Crippen LogP) is -1.63. The molecule has 9 N–H and O–H groups in total. The normalized spacial score (nSPS) is 11.8. The van der Waals surface area contributed by atoms with E-state index in [1.807, 2.05) is 0 Å². The van der Waals surface area contributed by atoms with Crippen LogP contribution in [0, 0.1) is 0 Å². The van der Waals surface area contributed by atoms with Gasteiger partial charge in [0.05, 0.1) is 45.4 Å². The number of carboxylic acid groups (broad SMARTS) is 4. The van der Waals surface area contributed by atoms with E-state index >= 15 is 0 Å². The number of amides is 2. The second-order valence-electron chi connectivity index (χ2n) is 11.1. The number of hydrogen-bond donors (Lipinski definition) is 8. The van der Waals surface area contributed by atoms with Gasteiger partial charge in [-0.1, -0.05) is 36.4 Å². The third-order valence-corrected chi connectivity index (χ3v) is 6.92. The molecule has 49 heavy (non-hydrogen) atoms. The van der Waals surface area contributed by atoms with Crippen molar-refractivity contribution in [3.05, 3.63) is 65.2 Å². The summed E-state index contributed by atoms with van der Waals surface area (Å²) in [5.74, 6) is -5.82. The summed E-state index contributed by atoms with van der Waals surface area (Å²) in [6.45, 7) is -2.29. The highest BCUT2D eigenvalue weighted by Crippen LogP contribution is 2.11. The number of phenolic OH excluding ortho intramolecular Hbond substituents is 1. The monoisotopic (exact) mass is 690 g/mol. The lowest BCUT2D eigenvalue weighted by atomic mass is 10.1. The quantitative estimate of drug-likeness (QED) is 0.0574. The number of rotatable bonds is 24. The average molecular weight is 691 g/mol. The fourth-order valence-electron chi connectivity index (χ4n) is 4.49. The molecular weight excluding hydrogens is 648 g/mol. The molecular formula is C31H42N6O12. The maximum Gasteiger partial charge on any atom is 0.317 e. The van der Waals surface area contributed by atoms with Crippen LogP contribution in [0.2, 0.25) is 0 Å². The molecule has 2 aromatic carbocycles. The molecule has 18 nitrogen and oxygen atoms in total. The molecule has 268 valence electrons. The number of phenols is 1. The van der Waals surface area contributed by atoms with Gasteiger partial charge in [-0.25, -0.2) is 5.48 Å². The van der Waals surface area contributed by atoms with Crippen molar-refractivity contribution < 1.29 is 59.1 Å². The number of nitrogens with one attached hydrogen (secondary N) is 2. The van der Waals surface area contributed by atoms with Gasteiger partial charge in [0.1, 0.15) is 5.75 Å². The first-order valence-corrected chi connectivity index (χ1v) is 15.0. The van der Waals surface area contributed by atoms with Crippen LogP contribution in [0.5, 0.6) is 5.75 Å². The number of aliphatic carboxylic acids is 4. The van der Waals surface area contributed by atoms with Crippen LogP contribution in [-0.2, 0) is 53.2 Å². The van der Waals surface area contributed by atoms with E-state index in [1.165, 1.54) is 12.1 Å². The van der Waals surface area contributed by atoms with Gasteiger partial charge in [0, 0.05) is 32.7 Å². The Hall–Kier alpha value is -5.14. The highest BCUT2D eigenvalue weighted by molar-refractivity contribution is 5.81. The highest BCUT2D eigenvalue weighted by Gasteiger charge is 2.20. The SMILES string of the molecule is NC(Cc1ccc(O)cc1)C(=O)NOCc1ccc(CNC(=O)CN(CCN(CC(=O)O)CC(=O)O)CCN(CC(=O)O)CC(=O)O)cc1. The van der Waals surface area contributed by atoms with Crippen molar-refractivity contribution in [1.82, 2.24) is 25.5 Å². The maximum absolute atomic E-state index is 12.8. The summed E-state index contributed by atoms with van der Waals surface area (Å²) in [6, 6.07) is 12.4. The number of nitrogens with zero attached hydrogens (tertiary/aromatic N) is 3. The largest absolute Gasteiger partial charge is 0.508 e. The molecule has 2 amide bonds. The third-order valence-electron chi connectivity index (χ3n) is 6.92. The van der Waals surface area contributed by atoms with E-state index < -0.39 is 67.9 Å². The molecule has 0 aliphatic heterocycles. The number of carbonyl (C=O) groups is 6. The zero-order valence-corrected chi connectivity index (χ0v) is 26.7. The first-order chi connectivity index (χ1) is 23.2. The van der Waals surface area contributed by atoms with Crippen LogP contribution in [0.25, 0.3) is 0 Å². The predicted molar refractivity (Wildman–Crippen MR) is 171 cm³/mol. The zero-order valence-electron chi connectivity index (χ0n) is 26.7. The molecule has 0 heterocycles. The topological polar surface area (TPSA) is 273 Å². The smallest absolute Gasteiger partial charge is 0.317 e. The van der Waals surface area contributed by atoms with Crippen molar-refractivity contribution in [3.8, 4) is 5.75 Å². The number of aromatic hydroxyl groups is 1. The summed E-state index contributed by atoms with van der Waals surface area (Å²) in [6.07, 6.45) is 0.245. The summed E-state index contributed by atoms with van der Waals surface area (Å²) < 4.78 is 0. The second-order valence-corrected chi connectivity index (χ2v) is 11.1. The van der Waals surface area contributed by atoms with Gasteiger partial charge >= 0.3 is 23.9 Å². The van der Waals surface area contributed by atoms with Gasteiger partial charge in [0.25, 0.3) is 5.91 Å². The van der Waals surface area contributed by atoms with Crippen molar-refractivity contribution in [2.75, 3.05) is 58.9 Å². The lowest BCUT2D eigenvalue weighted by Crippen LogP contribution is -2.47. The molecule has 0 spiro atoms. The Bertz CT molecular complexity index is 1330. The molecule has 0 aliphatic rings. The fraction of sp³-hybridized carbons (Fsp3) is 0.419. The third kappa shape index (κ3) is 17.5. The van der Waals surface area contributed by atoms with Gasteiger partial charge < -0.3 is 36.6 Å². The fourth-order valence-corrected chi connectivity index (χ4v) is 4.49. The molecule has 1 atom stereocenters. The average Bonchev–Trinajstić information content (AvgIpc) is 3.01. The van der Waals surface area contributed by atoms with Crippen molar-refractivity contribution in [2.24, 2.45) is 5.73 Å². The van der Waals surface area contributed by atoms with Gasteiger partial charge in [-0.15, -0.1) is 0 Å². The number of nitrogens with two attached hydrogens (primary N) is 1. The molecule has 0 aromatic heterocycles.